The van der Waals surface area contributed by atoms with Gasteiger partial charge in [-0.2, -0.15) is 0 Å². The molecule has 3 heterocycles. The SMILES string of the molecule is COCC1CCCN1CC(Oc1ccccc1)C1CN2CCCCC2CN1. The number of ether oxygens (including phenoxy) is 2. The first-order valence-electron chi connectivity index (χ1n) is 10.8. The van der Waals surface area contributed by atoms with Crippen LogP contribution in [0, 0.1) is 0 Å². The van der Waals surface area contributed by atoms with Gasteiger partial charge in [-0.1, -0.05) is 24.6 Å². The van der Waals surface area contributed by atoms with Crippen molar-refractivity contribution in [3.8, 4) is 5.75 Å². The maximum atomic E-state index is 6.55. The third kappa shape index (κ3) is 4.83. The van der Waals surface area contributed by atoms with E-state index >= 15 is 0 Å². The highest BCUT2D eigenvalue weighted by Crippen LogP contribution is 2.24. The van der Waals surface area contributed by atoms with Crippen LogP contribution in [0.2, 0.25) is 0 Å². The Morgan fingerprint density at radius 2 is 2.00 bits per heavy atom. The van der Waals surface area contributed by atoms with E-state index in [0.717, 1.165) is 44.6 Å². The second-order valence-electron chi connectivity index (χ2n) is 8.37. The summed E-state index contributed by atoms with van der Waals surface area (Å²) in [6, 6.07) is 12.0. The second kappa shape index (κ2) is 9.37. The van der Waals surface area contributed by atoms with Gasteiger partial charge in [0.2, 0.25) is 0 Å². The van der Waals surface area contributed by atoms with Crippen LogP contribution in [0.15, 0.2) is 30.3 Å². The lowest BCUT2D eigenvalue weighted by Crippen LogP contribution is -2.63. The average molecular weight is 374 g/mol. The van der Waals surface area contributed by atoms with Crippen LogP contribution in [0.1, 0.15) is 32.1 Å². The van der Waals surface area contributed by atoms with Crippen molar-refractivity contribution in [1.82, 2.24) is 15.1 Å². The van der Waals surface area contributed by atoms with Crippen molar-refractivity contribution in [3.63, 3.8) is 0 Å². The number of fused-ring (bicyclic) bond motifs is 1. The van der Waals surface area contributed by atoms with Crippen molar-refractivity contribution in [3.05, 3.63) is 30.3 Å². The summed E-state index contributed by atoms with van der Waals surface area (Å²) in [4.78, 5) is 5.28. The van der Waals surface area contributed by atoms with E-state index in [1.165, 1.54) is 38.6 Å². The lowest BCUT2D eigenvalue weighted by Gasteiger charge is -2.45. The highest BCUT2D eigenvalue weighted by Gasteiger charge is 2.37. The van der Waals surface area contributed by atoms with Gasteiger partial charge in [-0.3, -0.25) is 9.80 Å². The van der Waals surface area contributed by atoms with Crippen LogP contribution >= 0.6 is 0 Å². The van der Waals surface area contributed by atoms with Crippen LogP contribution in [-0.2, 0) is 4.74 Å². The van der Waals surface area contributed by atoms with Gasteiger partial charge in [-0.05, 0) is 50.9 Å². The van der Waals surface area contributed by atoms with Gasteiger partial charge < -0.3 is 14.8 Å². The zero-order valence-corrected chi connectivity index (χ0v) is 16.7. The Kier molecular flexibility index (Phi) is 6.66. The fourth-order valence-electron chi connectivity index (χ4n) is 5.05. The highest BCUT2D eigenvalue weighted by molar-refractivity contribution is 5.21. The average Bonchev–Trinajstić information content (AvgIpc) is 3.15. The Bertz CT molecular complexity index is 570. The number of rotatable bonds is 7. The third-order valence-corrected chi connectivity index (χ3v) is 6.55. The van der Waals surface area contributed by atoms with Crippen molar-refractivity contribution in [2.75, 3.05) is 46.4 Å². The maximum Gasteiger partial charge on any atom is 0.128 e. The molecule has 3 saturated heterocycles. The zero-order valence-electron chi connectivity index (χ0n) is 16.7. The number of likely N-dealkylation sites (tertiary alicyclic amines) is 1. The fraction of sp³-hybridized carbons (Fsp3) is 0.727. The first-order chi connectivity index (χ1) is 13.3. The molecule has 4 unspecified atom stereocenters. The van der Waals surface area contributed by atoms with Gasteiger partial charge in [0.1, 0.15) is 11.9 Å². The molecule has 1 aromatic carbocycles. The smallest absolute Gasteiger partial charge is 0.128 e. The van der Waals surface area contributed by atoms with Gasteiger partial charge in [-0.25, -0.2) is 0 Å². The van der Waals surface area contributed by atoms with Gasteiger partial charge in [0.25, 0.3) is 0 Å². The molecule has 0 radical (unpaired) electrons. The van der Waals surface area contributed by atoms with E-state index in [4.69, 9.17) is 9.47 Å². The van der Waals surface area contributed by atoms with Gasteiger partial charge in [0.15, 0.2) is 0 Å². The first-order valence-corrected chi connectivity index (χ1v) is 10.8. The van der Waals surface area contributed by atoms with Gasteiger partial charge >= 0.3 is 0 Å². The molecule has 1 N–H and O–H groups in total. The summed E-state index contributed by atoms with van der Waals surface area (Å²) >= 11 is 0. The van der Waals surface area contributed by atoms with Gasteiger partial charge in [0, 0.05) is 38.8 Å². The number of piperazine rings is 1. The van der Waals surface area contributed by atoms with E-state index in [9.17, 15) is 0 Å². The van der Waals surface area contributed by atoms with Crippen LogP contribution in [0.4, 0.5) is 0 Å². The van der Waals surface area contributed by atoms with Crippen molar-refractivity contribution in [2.24, 2.45) is 0 Å². The molecule has 4 atom stereocenters. The molecule has 0 bridgehead atoms. The maximum absolute atomic E-state index is 6.55. The number of nitrogens with zero attached hydrogens (tertiary/aromatic N) is 2. The summed E-state index contributed by atoms with van der Waals surface area (Å²) < 4.78 is 12.0. The summed E-state index contributed by atoms with van der Waals surface area (Å²) in [6.45, 7) is 6.40. The summed E-state index contributed by atoms with van der Waals surface area (Å²) in [5.41, 5.74) is 0. The Hall–Kier alpha value is -1.14. The molecule has 3 aliphatic heterocycles. The standard InChI is InChI=1S/C22H35N3O2/c1-26-17-19-9-7-13-25(19)16-22(27-20-10-3-2-4-11-20)21-15-24-12-6-5-8-18(24)14-23-21/h2-4,10-11,18-19,21-23H,5-9,12-17H2,1H3. The molecule has 0 spiro atoms. The van der Waals surface area contributed by atoms with Crippen LogP contribution in [0.5, 0.6) is 5.75 Å². The van der Waals surface area contributed by atoms with E-state index in [1.807, 2.05) is 13.2 Å². The van der Waals surface area contributed by atoms with E-state index in [-0.39, 0.29) is 6.10 Å². The molecule has 0 saturated carbocycles. The lowest BCUT2D eigenvalue weighted by molar-refractivity contribution is 0.0230. The molecule has 4 rings (SSSR count). The number of methoxy groups -OCH3 is 1. The van der Waals surface area contributed by atoms with Crippen LogP contribution in [0.3, 0.4) is 0 Å². The third-order valence-electron chi connectivity index (χ3n) is 6.55. The minimum absolute atomic E-state index is 0.160. The molecule has 1 aromatic rings. The van der Waals surface area contributed by atoms with Crippen molar-refractivity contribution in [2.45, 2.75) is 56.3 Å². The summed E-state index contributed by atoms with van der Waals surface area (Å²) in [6.07, 6.45) is 6.72. The molecule has 3 fully saturated rings. The number of benzene rings is 1. The van der Waals surface area contributed by atoms with Crippen LogP contribution in [-0.4, -0.2) is 80.5 Å². The van der Waals surface area contributed by atoms with Gasteiger partial charge in [-0.15, -0.1) is 0 Å². The Balaban J connectivity index is 1.45. The summed E-state index contributed by atoms with van der Waals surface area (Å²) in [5.74, 6) is 0.979. The molecule has 27 heavy (non-hydrogen) atoms. The van der Waals surface area contributed by atoms with Crippen LogP contribution < -0.4 is 10.1 Å². The van der Waals surface area contributed by atoms with E-state index in [1.54, 1.807) is 0 Å². The fourth-order valence-corrected chi connectivity index (χ4v) is 5.05. The normalized spacial score (nSPS) is 30.8. The monoisotopic (exact) mass is 373 g/mol. The number of nitrogens with one attached hydrogen (secondary N) is 1. The Morgan fingerprint density at radius 1 is 1.11 bits per heavy atom. The molecule has 5 nitrogen and oxygen atoms in total. The Labute approximate surface area is 164 Å². The lowest BCUT2D eigenvalue weighted by atomic mass is 9.96. The topological polar surface area (TPSA) is 37.0 Å². The largest absolute Gasteiger partial charge is 0.487 e. The van der Waals surface area contributed by atoms with Crippen molar-refractivity contribution >= 4 is 0 Å². The molecule has 0 amide bonds. The van der Waals surface area contributed by atoms with Crippen molar-refractivity contribution < 1.29 is 9.47 Å². The van der Waals surface area contributed by atoms with Crippen molar-refractivity contribution in [1.29, 1.82) is 0 Å². The highest BCUT2D eigenvalue weighted by atomic mass is 16.5. The van der Waals surface area contributed by atoms with E-state index < -0.39 is 0 Å². The number of hydrogen-bond donors (Lipinski definition) is 1. The second-order valence-corrected chi connectivity index (χ2v) is 8.37. The van der Waals surface area contributed by atoms with E-state index in [2.05, 4.69) is 39.4 Å². The van der Waals surface area contributed by atoms with Crippen LogP contribution in [0.25, 0.3) is 0 Å². The first kappa shape index (κ1) is 19.2. The number of hydrogen-bond acceptors (Lipinski definition) is 5. The quantitative estimate of drug-likeness (QED) is 0.794. The predicted molar refractivity (Wildman–Crippen MR) is 108 cm³/mol. The number of piperidine rings is 1. The van der Waals surface area contributed by atoms with Gasteiger partial charge in [0.05, 0.1) is 12.6 Å². The molecule has 3 aliphatic rings. The minimum Gasteiger partial charge on any atom is -0.487 e. The summed E-state index contributed by atoms with van der Waals surface area (Å²) in [7, 11) is 1.81. The zero-order chi connectivity index (χ0) is 18.5. The van der Waals surface area contributed by atoms with E-state index in [0.29, 0.717) is 12.1 Å². The predicted octanol–water partition coefficient (Wildman–Crippen LogP) is 2.37. The molecule has 150 valence electrons. The molecule has 0 aliphatic carbocycles. The molecule has 5 heteroatoms. The summed E-state index contributed by atoms with van der Waals surface area (Å²) in [5, 5.41) is 3.83. The minimum atomic E-state index is 0.160. The Morgan fingerprint density at radius 3 is 2.85 bits per heavy atom. The molecule has 0 aromatic heterocycles. The molecular weight excluding hydrogens is 338 g/mol. The number of para-hydroxylation sites is 1. The molecular formula is C22H35N3O2.